The number of anilines is 1. The molecule has 7 rings (SSSR count). The zero-order valence-corrected chi connectivity index (χ0v) is 18.8. The van der Waals surface area contributed by atoms with Crippen LogP contribution in [-0.2, 0) is 0 Å². The second-order valence-corrected chi connectivity index (χ2v) is 8.86. The van der Waals surface area contributed by atoms with E-state index in [-0.39, 0.29) is 11.7 Å². The number of ketones is 1. The van der Waals surface area contributed by atoms with Gasteiger partial charge >= 0.3 is 0 Å². The zero-order chi connectivity index (χ0) is 23.4. The second-order valence-electron chi connectivity index (χ2n) is 8.86. The fourth-order valence-corrected chi connectivity index (χ4v) is 5.34. The number of nitrogens with zero attached hydrogens (tertiary/aromatic N) is 2. The van der Waals surface area contributed by atoms with Crippen molar-refractivity contribution in [2.75, 3.05) is 5.32 Å². The minimum Gasteiger partial charge on any atom is -0.339 e. The van der Waals surface area contributed by atoms with E-state index in [2.05, 4.69) is 41.7 Å². The van der Waals surface area contributed by atoms with Crippen LogP contribution in [0.15, 0.2) is 121 Å². The lowest BCUT2D eigenvalue weighted by Gasteiger charge is -2.27. The number of carbonyl (C=O) groups excluding carboxylic acids is 1. The Balaban J connectivity index is 1.57. The molecule has 166 valence electrons. The second kappa shape index (κ2) is 7.67. The highest BCUT2D eigenvalue weighted by Crippen LogP contribution is 2.52. The standard InChI is InChI=1S/C31H21N3O/c35-30-24-19-11-10-18-23(24)29-26(30)25(20-12-4-1-5-13-20)27-28(21-14-6-2-7-15-21)33-34(31(27)32-29)22-16-8-3-9-17-22/h1-19,25,32H. The molecule has 0 saturated carbocycles. The number of fused-ring (bicyclic) bond motifs is 3. The average molecular weight is 452 g/mol. The van der Waals surface area contributed by atoms with E-state index in [1.807, 2.05) is 83.5 Å². The Morgan fingerprint density at radius 3 is 2.00 bits per heavy atom. The number of carbonyl (C=O) groups is 1. The molecule has 1 aliphatic heterocycles. The summed E-state index contributed by atoms with van der Waals surface area (Å²) in [5, 5.41) is 8.79. The average Bonchev–Trinajstić information content (AvgIpc) is 3.45. The van der Waals surface area contributed by atoms with E-state index in [9.17, 15) is 4.79 Å². The molecule has 4 aromatic carbocycles. The normalized spacial score (nSPS) is 15.9. The van der Waals surface area contributed by atoms with Gasteiger partial charge in [-0.2, -0.15) is 5.10 Å². The van der Waals surface area contributed by atoms with Gasteiger partial charge < -0.3 is 5.32 Å². The maximum atomic E-state index is 13.8. The molecular weight excluding hydrogens is 430 g/mol. The van der Waals surface area contributed by atoms with E-state index in [0.29, 0.717) is 0 Å². The van der Waals surface area contributed by atoms with E-state index < -0.39 is 0 Å². The van der Waals surface area contributed by atoms with Crippen molar-refractivity contribution in [3.63, 3.8) is 0 Å². The predicted octanol–water partition coefficient (Wildman–Crippen LogP) is 6.70. The maximum Gasteiger partial charge on any atom is 0.192 e. The summed E-state index contributed by atoms with van der Waals surface area (Å²) in [4.78, 5) is 13.8. The first-order chi connectivity index (χ1) is 17.3. The summed E-state index contributed by atoms with van der Waals surface area (Å²) in [6.07, 6.45) is 0. The molecule has 0 bridgehead atoms. The summed E-state index contributed by atoms with van der Waals surface area (Å²) in [6.45, 7) is 0. The number of aromatic nitrogens is 2. The minimum atomic E-state index is -0.241. The van der Waals surface area contributed by atoms with Gasteiger partial charge in [-0.15, -0.1) is 0 Å². The molecule has 1 atom stereocenters. The third-order valence-electron chi connectivity index (χ3n) is 6.88. The van der Waals surface area contributed by atoms with Gasteiger partial charge in [0.25, 0.3) is 0 Å². The smallest absolute Gasteiger partial charge is 0.192 e. The van der Waals surface area contributed by atoms with Crippen molar-refractivity contribution < 1.29 is 4.79 Å². The predicted molar refractivity (Wildman–Crippen MR) is 139 cm³/mol. The van der Waals surface area contributed by atoms with Crippen LogP contribution in [0, 0.1) is 0 Å². The van der Waals surface area contributed by atoms with Crippen molar-refractivity contribution in [3.05, 3.63) is 143 Å². The zero-order valence-electron chi connectivity index (χ0n) is 18.8. The number of allylic oxidation sites excluding steroid dienone is 1. The molecule has 2 heterocycles. The number of para-hydroxylation sites is 1. The summed E-state index contributed by atoms with van der Waals surface area (Å²) < 4.78 is 1.97. The monoisotopic (exact) mass is 451 g/mol. The summed E-state index contributed by atoms with van der Waals surface area (Å²) in [7, 11) is 0. The fourth-order valence-electron chi connectivity index (χ4n) is 5.34. The van der Waals surface area contributed by atoms with Crippen molar-refractivity contribution >= 4 is 17.3 Å². The van der Waals surface area contributed by atoms with Crippen LogP contribution in [0.3, 0.4) is 0 Å². The van der Waals surface area contributed by atoms with Gasteiger partial charge in [0, 0.05) is 33.7 Å². The SMILES string of the molecule is O=C1C2=C(Nc3c(c(-c4ccccc4)nn3-c3ccccc3)C2c2ccccc2)c2ccccc21. The van der Waals surface area contributed by atoms with Crippen LogP contribution >= 0.6 is 0 Å². The topological polar surface area (TPSA) is 46.9 Å². The van der Waals surface area contributed by atoms with Gasteiger partial charge in [-0.25, -0.2) is 4.68 Å². The van der Waals surface area contributed by atoms with E-state index >= 15 is 0 Å². The molecule has 1 N–H and O–H groups in total. The Labute approximate surface area is 203 Å². The van der Waals surface area contributed by atoms with Crippen LogP contribution in [0.1, 0.15) is 33.0 Å². The third-order valence-corrected chi connectivity index (χ3v) is 6.88. The van der Waals surface area contributed by atoms with Crippen LogP contribution in [0.25, 0.3) is 22.6 Å². The van der Waals surface area contributed by atoms with E-state index in [0.717, 1.165) is 56.3 Å². The Morgan fingerprint density at radius 1 is 0.686 bits per heavy atom. The molecule has 0 fully saturated rings. The number of benzene rings is 4. The van der Waals surface area contributed by atoms with Crippen molar-refractivity contribution in [1.29, 1.82) is 0 Å². The Bertz CT molecular complexity index is 1620. The Kier molecular flexibility index (Phi) is 4.33. The van der Waals surface area contributed by atoms with Crippen LogP contribution in [0.2, 0.25) is 0 Å². The lowest BCUT2D eigenvalue weighted by atomic mass is 9.80. The first kappa shape index (κ1) is 19.7. The molecule has 1 unspecified atom stereocenters. The molecule has 0 amide bonds. The summed E-state index contributed by atoms with van der Waals surface area (Å²) in [6, 6.07) is 38.5. The molecule has 5 aromatic rings. The largest absolute Gasteiger partial charge is 0.339 e. The third kappa shape index (κ3) is 2.93. The van der Waals surface area contributed by atoms with Crippen LogP contribution < -0.4 is 5.32 Å². The van der Waals surface area contributed by atoms with E-state index in [1.54, 1.807) is 0 Å². The molecule has 4 nitrogen and oxygen atoms in total. The molecular formula is C31H21N3O. The number of hydrogen-bond acceptors (Lipinski definition) is 3. The number of rotatable bonds is 3. The maximum absolute atomic E-state index is 13.8. The molecule has 1 aromatic heterocycles. The molecule has 1 aliphatic carbocycles. The minimum absolute atomic E-state index is 0.0778. The summed E-state index contributed by atoms with van der Waals surface area (Å²) in [5.74, 6) is 0.733. The van der Waals surface area contributed by atoms with Crippen LogP contribution in [-0.4, -0.2) is 15.6 Å². The Hall–Kier alpha value is -4.70. The molecule has 0 saturated heterocycles. The highest BCUT2D eigenvalue weighted by Gasteiger charge is 2.43. The molecule has 0 radical (unpaired) electrons. The summed E-state index contributed by atoms with van der Waals surface area (Å²) in [5.41, 5.74) is 8.32. The Morgan fingerprint density at radius 2 is 1.29 bits per heavy atom. The van der Waals surface area contributed by atoms with Crippen LogP contribution in [0.5, 0.6) is 0 Å². The van der Waals surface area contributed by atoms with Crippen molar-refractivity contribution in [3.8, 4) is 16.9 Å². The number of nitrogens with one attached hydrogen (secondary N) is 1. The van der Waals surface area contributed by atoms with Gasteiger partial charge in [-0.3, -0.25) is 4.79 Å². The molecule has 4 heteroatoms. The van der Waals surface area contributed by atoms with Crippen molar-refractivity contribution in [2.24, 2.45) is 0 Å². The first-order valence-corrected chi connectivity index (χ1v) is 11.8. The number of hydrogen-bond donors (Lipinski definition) is 1. The molecule has 35 heavy (non-hydrogen) atoms. The number of Topliss-reactive ketones (excluding diaryl/α,β-unsaturated/α-hetero) is 1. The van der Waals surface area contributed by atoms with Crippen molar-refractivity contribution in [1.82, 2.24) is 9.78 Å². The van der Waals surface area contributed by atoms with Gasteiger partial charge in [0.2, 0.25) is 0 Å². The summed E-state index contributed by atoms with van der Waals surface area (Å²) >= 11 is 0. The fraction of sp³-hybridized carbons (Fsp3) is 0.0323. The van der Waals surface area contributed by atoms with Gasteiger partial charge in [0.1, 0.15) is 5.82 Å². The van der Waals surface area contributed by atoms with Gasteiger partial charge in [0.15, 0.2) is 5.78 Å². The quantitative estimate of drug-likeness (QED) is 0.332. The van der Waals surface area contributed by atoms with Crippen molar-refractivity contribution in [2.45, 2.75) is 5.92 Å². The lowest BCUT2D eigenvalue weighted by molar-refractivity contribution is 0.103. The molecule has 2 aliphatic rings. The van der Waals surface area contributed by atoms with Gasteiger partial charge in [-0.05, 0) is 17.7 Å². The van der Waals surface area contributed by atoms with Gasteiger partial charge in [-0.1, -0.05) is 103 Å². The highest BCUT2D eigenvalue weighted by molar-refractivity contribution is 6.24. The first-order valence-electron chi connectivity index (χ1n) is 11.8. The van der Waals surface area contributed by atoms with Gasteiger partial charge in [0.05, 0.1) is 17.1 Å². The van der Waals surface area contributed by atoms with Crippen LogP contribution in [0.4, 0.5) is 5.82 Å². The molecule has 0 spiro atoms. The van der Waals surface area contributed by atoms with E-state index in [4.69, 9.17) is 5.10 Å². The highest BCUT2D eigenvalue weighted by atomic mass is 16.1. The lowest BCUT2D eigenvalue weighted by Crippen LogP contribution is -2.20. The van der Waals surface area contributed by atoms with E-state index in [1.165, 1.54) is 0 Å².